The quantitative estimate of drug-likeness (QED) is 0.807. The van der Waals surface area contributed by atoms with E-state index in [-0.39, 0.29) is 6.04 Å². The molecule has 1 aromatic heterocycles. The number of hydrogen-bond acceptors (Lipinski definition) is 3. The van der Waals surface area contributed by atoms with E-state index in [1.807, 2.05) is 6.92 Å². The molecule has 88 valence electrons. The maximum atomic E-state index is 12.9. The molecule has 0 saturated heterocycles. The van der Waals surface area contributed by atoms with Gasteiger partial charge >= 0.3 is 0 Å². The Morgan fingerprint density at radius 3 is 2.69 bits per heavy atom. The van der Waals surface area contributed by atoms with Crippen LogP contribution in [0, 0.1) is 5.82 Å². The molecule has 3 N–H and O–H groups in total. The Morgan fingerprint density at radius 1 is 1.56 bits per heavy atom. The summed E-state index contributed by atoms with van der Waals surface area (Å²) >= 11 is 0. The van der Waals surface area contributed by atoms with E-state index in [9.17, 15) is 9.18 Å². The van der Waals surface area contributed by atoms with Crippen LogP contribution in [0.4, 0.5) is 4.39 Å². The summed E-state index contributed by atoms with van der Waals surface area (Å²) in [5.41, 5.74) is 5.07. The first-order valence-corrected chi connectivity index (χ1v) is 5.01. The van der Waals surface area contributed by atoms with E-state index < -0.39 is 17.3 Å². The van der Waals surface area contributed by atoms with Gasteiger partial charge in [-0.15, -0.1) is 0 Å². The summed E-state index contributed by atoms with van der Waals surface area (Å²) in [5, 5.41) is 3.02. The predicted molar refractivity (Wildman–Crippen MR) is 59.0 cm³/mol. The minimum atomic E-state index is -0.842. The molecule has 1 aromatic rings. The van der Waals surface area contributed by atoms with Gasteiger partial charge in [0.05, 0.1) is 11.7 Å². The number of primary amides is 1. The van der Waals surface area contributed by atoms with Crippen LogP contribution in [0.15, 0.2) is 18.5 Å². The van der Waals surface area contributed by atoms with Crippen LogP contribution < -0.4 is 11.1 Å². The molecule has 1 unspecified atom stereocenters. The first-order chi connectivity index (χ1) is 7.33. The molecule has 0 fully saturated rings. The molecule has 0 aliphatic rings. The second kappa shape index (κ2) is 4.57. The highest BCUT2D eigenvalue weighted by Crippen LogP contribution is 2.16. The fourth-order valence-electron chi connectivity index (χ4n) is 1.36. The summed E-state index contributed by atoms with van der Waals surface area (Å²) < 4.78 is 12.9. The van der Waals surface area contributed by atoms with E-state index >= 15 is 0 Å². The van der Waals surface area contributed by atoms with Gasteiger partial charge in [-0.05, 0) is 32.4 Å². The smallest absolute Gasteiger partial charge is 0.237 e. The zero-order valence-corrected chi connectivity index (χ0v) is 9.62. The summed E-state index contributed by atoms with van der Waals surface area (Å²) in [6.45, 7) is 5.18. The lowest BCUT2D eigenvalue weighted by Crippen LogP contribution is -2.51. The SMILES string of the molecule is CC(NC(C)(C)C(N)=O)c1cncc(F)c1. The number of nitrogens with two attached hydrogens (primary N) is 1. The lowest BCUT2D eigenvalue weighted by molar-refractivity contribution is -0.123. The molecule has 5 heteroatoms. The number of amides is 1. The number of carbonyl (C=O) groups excluding carboxylic acids is 1. The zero-order valence-electron chi connectivity index (χ0n) is 9.62. The van der Waals surface area contributed by atoms with E-state index in [2.05, 4.69) is 10.3 Å². The zero-order chi connectivity index (χ0) is 12.3. The average molecular weight is 225 g/mol. The number of carbonyl (C=O) groups is 1. The van der Waals surface area contributed by atoms with Gasteiger partial charge in [-0.3, -0.25) is 15.1 Å². The monoisotopic (exact) mass is 225 g/mol. The van der Waals surface area contributed by atoms with Crippen molar-refractivity contribution in [3.63, 3.8) is 0 Å². The number of halogens is 1. The lowest BCUT2D eigenvalue weighted by atomic mass is 10.0. The van der Waals surface area contributed by atoms with Crippen molar-refractivity contribution < 1.29 is 9.18 Å². The van der Waals surface area contributed by atoms with Crippen molar-refractivity contribution in [1.29, 1.82) is 0 Å². The highest BCUT2D eigenvalue weighted by molar-refractivity contribution is 5.83. The summed E-state index contributed by atoms with van der Waals surface area (Å²) in [6, 6.07) is 1.17. The van der Waals surface area contributed by atoms with Crippen molar-refractivity contribution in [3.8, 4) is 0 Å². The minimum Gasteiger partial charge on any atom is -0.368 e. The van der Waals surface area contributed by atoms with Crippen LogP contribution >= 0.6 is 0 Å². The van der Waals surface area contributed by atoms with Gasteiger partial charge < -0.3 is 5.73 Å². The summed E-state index contributed by atoms with van der Waals surface area (Å²) in [5.74, 6) is -0.855. The first-order valence-electron chi connectivity index (χ1n) is 5.01. The largest absolute Gasteiger partial charge is 0.368 e. The van der Waals surface area contributed by atoms with E-state index in [1.165, 1.54) is 6.07 Å². The van der Waals surface area contributed by atoms with Crippen LogP contribution in [0.3, 0.4) is 0 Å². The molecule has 0 spiro atoms. The summed E-state index contributed by atoms with van der Waals surface area (Å²) in [6.07, 6.45) is 2.69. The van der Waals surface area contributed by atoms with Crippen LogP contribution in [0.2, 0.25) is 0 Å². The highest BCUT2D eigenvalue weighted by atomic mass is 19.1. The van der Waals surface area contributed by atoms with Gasteiger partial charge in [0.2, 0.25) is 5.91 Å². The van der Waals surface area contributed by atoms with Crippen molar-refractivity contribution in [3.05, 3.63) is 29.8 Å². The first kappa shape index (κ1) is 12.6. The number of pyridine rings is 1. The standard InChI is InChI=1S/C11H16FN3O/c1-7(15-11(2,3)10(13)16)8-4-9(12)6-14-5-8/h4-7,15H,1-3H3,(H2,13,16). The molecule has 16 heavy (non-hydrogen) atoms. The second-order valence-corrected chi connectivity index (χ2v) is 4.29. The molecular formula is C11H16FN3O. The Bertz CT molecular complexity index is 393. The van der Waals surface area contributed by atoms with Crippen molar-refractivity contribution in [1.82, 2.24) is 10.3 Å². The van der Waals surface area contributed by atoms with Gasteiger partial charge in [-0.25, -0.2) is 4.39 Å². The molecule has 1 heterocycles. The van der Waals surface area contributed by atoms with Crippen molar-refractivity contribution in [2.24, 2.45) is 5.73 Å². The van der Waals surface area contributed by atoms with Gasteiger partial charge in [0.25, 0.3) is 0 Å². The molecule has 1 rings (SSSR count). The van der Waals surface area contributed by atoms with Crippen LogP contribution in [0.25, 0.3) is 0 Å². The maximum absolute atomic E-state index is 12.9. The molecule has 0 saturated carbocycles. The Kier molecular flexibility index (Phi) is 3.59. The van der Waals surface area contributed by atoms with E-state index in [4.69, 9.17) is 5.73 Å². The number of rotatable bonds is 4. The average Bonchev–Trinajstić information content (AvgIpc) is 2.16. The van der Waals surface area contributed by atoms with Crippen molar-refractivity contribution >= 4 is 5.91 Å². The van der Waals surface area contributed by atoms with Gasteiger partial charge in [0.1, 0.15) is 5.82 Å². The molecule has 0 aromatic carbocycles. The fraction of sp³-hybridized carbons (Fsp3) is 0.455. The third-order valence-electron chi connectivity index (χ3n) is 2.42. The predicted octanol–water partition coefficient (Wildman–Crippen LogP) is 1.14. The normalized spacial score (nSPS) is 13.5. The maximum Gasteiger partial charge on any atom is 0.237 e. The molecule has 0 bridgehead atoms. The summed E-state index contributed by atoms with van der Waals surface area (Å²) in [7, 11) is 0. The van der Waals surface area contributed by atoms with Gasteiger partial charge in [0, 0.05) is 12.2 Å². The third-order valence-corrected chi connectivity index (χ3v) is 2.42. The highest BCUT2D eigenvalue weighted by Gasteiger charge is 2.26. The minimum absolute atomic E-state index is 0.203. The lowest BCUT2D eigenvalue weighted by Gasteiger charge is -2.27. The Hall–Kier alpha value is -1.49. The third kappa shape index (κ3) is 3.00. The van der Waals surface area contributed by atoms with E-state index in [0.717, 1.165) is 6.20 Å². The van der Waals surface area contributed by atoms with Crippen LogP contribution in [0.5, 0.6) is 0 Å². The Balaban J connectivity index is 2.80. The number of nitrogens with zero attached hydrogens (tertiary/aromatic N) is 1. The van der Waals surface area contributed by atoms with Crippen molar-refractivity contribution in [2.75, 3.05) is 0 Å². The topological polar surface area (TPSA) is 68.0 Å². The number of nitrogens with one attached hydrogen (secondary N) is 1. The van der Waals surface area contributed by atoms with Crippen LogP contribution in [-0.4, -0.2) is 16.4 Å². The molecule has 1 atom stereocenters. The molecular weight excluding hydrogens is 209 g/mol. The van der Waals surface area contributed by atoms with E-state index in [0.29, 0.717) is 5.56 Å². The second-order valence-electron chi connectivity index (χ2n) is 4.29. The fourth-order valence-corrected chi connectivity index (χ4v) is 1.36. The molecule has 1 amide bonds. The van der Waals surface area contributed by atoms with Crippen LogP contribution in [0.1, 0.15) is 32.4 Å². The van der Waals surface area contributed by atoms with Crippen LogP contribution in [-0.2, 0) is 4.79 Å². The molecule has 0 radical (unpaired) electrons. The van der Waals surface area contributed by atoms with Gasteiger partial charge in [0.15, 0.2) is 0 Å². The number of aromatic nitrogens is 1. The van der Waals surface area contributed by atoms with Gasteiger partial charge in [-0.1, -0.05) is 0 Å². The van der Waals surface area contributed by atoms with Gasteiger partial charge in [-0.2, -0.15) is 0 Å². The molecule has 0 aliphatic carbocycles. The Labute approximate surface area is 94.1 Å². The molecule has 4 nitrogen and oxygen atoms in total. The number of hydrogen-bond donors (Lipinski definition) is 2. The Morgan fingerprint density at radius 2 is 2.19 bits per heavy atom. The molecule has 0 aliphatic heterocycles. The van der Waals surface area contributed by atoms with E-state index in [1.54, 1.807) is 20.0 Å². The van der Waals surface area contributed by atoms with Crippen molar-refractivity contribution in [2.45, 2.75) is 32.4 Å². The summed E-state index contributed by atoms with van der Waals surface area (Å²) in [4.78, 5) is 14.9.